The van der Waals surface area contributed by atoms with Crippen LogP contribution in [0.15, 0.2) is 54.6 Å². The van der Waals surface area contributed by atoms with E-state index in [0.717, 1.165) is 11.1 Å². The SMILES string of the molecule is Cc1ccc2cccc(NC(=O)c3ccccc3F)c2n1. The van der Waals surface area contributed by atoms with Gasteiger partial charge in [0.15, 0.2) is 0 Å². The van der Waals surface area contributed by atoms with Gasteiger partial charge in [0.25, 0.3) is 5.91 Å². The van der Waals surface area contributed by atoms with Crippen LogP contribution in [-0.4, -0.2) is 10.9 Å². The second-order valence-electron chi connectivity index (χ2n) is 4.76. The summed E-state index contributed by atoms with van der Waals surface area (Å²) in [5.74, 6) is -1.02. The van der Waals surface area contributed by atoms with Crippen LogP contribution in [0.1, 0.15) is 16.1 Å². The van der Waals surface area contributed by atoms with Gasteiger partial charge in [0.2, 0.25) is 0 Å². The molecule has 1 heterocycles. The van der Waals surface area contributed by atoms with Crippen LogP contribution in [0.25, 0.3) is 10.9 Å². The first-order valence-corrected chi connectivity index (χ1v) is 6.57. The number of aromatic nitrogens is 1. The normalized spacial score (nSPS) is 10.6. The molecule has 21 heavy (non-hydrogen) atoms. The number of carbonyl (C=O) groups is 1. The molecule has 0 aliphatic heterocycles. The number of benzene rings is 2. The predicted molar refractivity (Wildman–Crippen MR) is 80.8 cm³/mol. The second-order valence-corrected chi connectivity index (χ2v) is 4.76. The van der Waals surface area contributed by atoms with E-state index in [2.05, 4.69) is 10.3 Å². The maximum Gasteiger partial charge on any atom is 0.258 e. The van der Waals surface area contributed by atoms with E-state index in [-0.39, 0.29) is 5.56 Å². The highest BCUT2D eigenvalue weighted by atomic mass is 19.1. The Bertz CT molecular complexity index is 830. The maximum absolute atomic E-state index is 13.6. The van der Waals surface area contributed by atoms with Crippen molar-refractivity contribution in [3.63, 3.8) is 0 Å². The van der Waals surface area contributed by atoms with Crippen molar-refractivity contribution in [2.24, 2.45) is 0 Å². The zero-order valence-corrected chi connectivity index (χ0v) is 11.4. The molecular formula is C17H13FN2O. The van der Waals surface area contributed by atoms with E-state index in [9.17, 15) is 9.18 Å². The summed E-state index contributed by atoms with van der Waals surface area (Å²) < 4.78 is 13.6. The molecule has 3 aromatic rings. The van der Waals surface area contributed by atoms with E-state index in [4.69, 9.17) is 0 Å². The van der Waals surface area contributed by atoms with Gasteiger partial charge in [0.05, 0.1) is 16.8 Å². The minimum absolute atomic E-state index is 0.0159. The lowest BCUT2D eigenvalue weighted by Gasteiger charge is -2.09. The van der Waals surface area contributed by atoms with Crippen molar-refractivity contribution < 1.29 is 9.18 Å². The summed E-state index contributed by atoms with van der Waals surface area (Å²) in [5, 5.41) is 3.65. The Labute approximate surface area is 121 Å². The van der Waals surface area contributed by atoms with Gasteiger partial charge in [-0.25, -0.2) is 4.39 Å². The predicted octanol–water partition coefficient (Wildman–Crippen LogP) is 3.93. The van der Waals surface area contributed by atoms with Crippen molar-refractivity contribution >= 4 is 22.5 Å². The van der Waals surface area contributed by atoms with Gasteiger partial charge in [-0.1, -0.05) is 30.3 Å². The number of pyridine rings is 1. The van der Waals surface area contributed by atoms with Crippen LogP contribution in [0.3, 0.4) is 0 Å². The van der Waals surface area contributed by atoms with Crippen molar-refractivity contribution in [1.82, 2.24) is 4.98 Å². The third-order valence-electron chi connectivity index (χ3n) is 3.23. The lowest BCUT2D eigenvalue weighted by atomic mass is 10.1. The molecule has 0 bridgehead atoms. The fourth-order valence-corrected chi connectivity index (χ4v) is 2.18. The summed E-state index contributed by atoms with van der Waals surface area (Å²) in [6.45, 7) is 1.88. The standard InChI is InChI=1S/C17H13FN2O/c1-11-9-10-12-5-4-8-15(16(12)19-11)20-17(21)13-6-2-3-7-14(13)18/h2-10H,1H3,(H,20,21). The topological polar surface area (TPSA) is 42.0 Å². The van der Waals surface area contributed by atoms with Crippen LogP contribution in [0.4, 0.5) is 10.1 Å². The fourth-order valence-electron chi connectivity index (χ4n) is 2.18. The monoisotopic (exact) mass is 280 g/mol. The Kier molecular flexibility index (Phi) is 3.36. The molecule has 3 rings (SSSR count). The molecule has 104 valence electrons. The first kappa shape index (κ1) is 13.2. The molecule has 2 aromatic carbocycles. The summed E-state index contributed by atoms with van der Waals surface area (Å²) >= 11 is 0. The lowest BCUT2D eigenvalue weighted by Crippen LogP contribution is -2.14. The summed E-state index contributed by atoms with van der Waals surface area (Å²) in [4.78, 5) is 16.6. The van der Waals surface area contributed by atoms with Crippen LogP contribution < -0.4 is 5.32 Å². The third kappa shape index (κ3) is 2.60. The van der Waals surface area contributed by atoms with E-state index in [1.807, 2.05) is 31.2 Å². The first-order chi connectivity index (χ1) is 10.1. The number of fused-ring (bicyclic) bond motifs is 1. The number of para-hydroxylation sites is 1. The van der Waals surface area contributed by atoms with Gasteiger partial charge in [-0.3, -0.25) is 9.78 Å². The number of anilines is 1. The van der Waals surface area contributed by atoms with Crippen molar-refractivity contribution in [3.8, 4) is 0 Å². The Morgan fingerprint density at radius 3 is 2.67 bits per heavy atom. The number of rotatable bonds is 2. The number of hydrogen-bond acceptors (Lipinski definition) is 2. The lowest BCUT2D eigenvalue weighted by molar-refractivity contribution is 0.102. The highest BCUT2D eigenvalue weighted by Crippen LogP contribution is 2.22. The Morgan fingerprint density at radius 1 is 1.05 bits per heavy atom. The molecule has 0 spiro atoms. The van der Waals surface area contributed by atoms with Crippen LogP contribution in [0.5, 0.6) is 0 Å². The minimum atomic E-state index is -0.542. The average molecular weight is 280 g/mol. The minimum Gasteiger partial charge on any atom is -0.320 e. The highest BCUT2D eigenvalue weighted by molar-refractivity contribution is 6.08. The van der Waals surface area contributed by atoms with Gasteiger partial charge in [-0.05, 0) is 31.2 Å². The van der Waals surface area contributed by atoms with Gasteiger partial charge in [-0.2, -0.15) is 0 Å². The van der Waals surface area contributed by atoms with Crippen LogP contribution in [-0.2, 0) is 0 Å². The van der Waals surface area contributed by atoms with E-state index in [0.29, 0.717) is 11.2 Å². The van der Waals surface area contributed by atoms with Crippen molar-refractivity contribution in [2.75, 3.05) is 5.32 Å². The van der Waals surface area contributed by atoms with Gasteiger partial charge in [0, 0.05) is 11.1 Å². The van der Waals surface area contributed by atoms with Crippen LogP contribution in [0.2, 0.25) is 0 Å². The summed E-state index contributed by atoms with van der Waals surface area (Å²) in [7, 11) is 0. The number of nitrogens with one attached hydrogen (secondary N) is 1. The van der Waals surface area contributed by atoms with Gasteiger partial charge in [-0.15, -0.1) is 0 Å². The third-order valence-corrected chi connectivity index (χ3v) is 3.23. The molecule has 0 atom stereocenters. The molecule has 4 heteroatoms. The number of hydrogen-bond donors (Lipinski definition) is 1. The fraction of sp³-hybridized carbons (Fsp3) is 0.0588. The molecule has 0 aliphatic carbocycles. The van der Waals surface area contributed by atoms with Gasteiger partial charge >= 0.3 is 0 Å². The smallest absolute Gasteiger partial charge is 0.258 e. The Hall–Kier alpha value is -2.75. The molecule has 1 N–H and O–H groups in total. The molecule has 3 nitrogen and oxygen atoms in total. The number of nitrogens with zero attached hydrogens (tertiary/aromatic N) is 1. The van der Waals surface area contributed by atoms with E-state index in [1.165, 1.54) is 12.1 Å². The van der Waals surface area contributed by atoms with Crippen molar-refractivity contribution in [3.05, 3.63) is 71.7 Å². The summed E-state index contributed by atoms with van der Waals surface area (Å²) in [6.07, 6.45) is 0. The van der Waals surface area contributed by atoms with E-state index >= 15 is 0 Å². The molecule has 1 amide bonds. The number of aryl methyl sites for hydroxylation is 1. The Balaban J connectivity index is 2.00. The van der Waals surface area contributed by atoms with Gasteiger partial charge < -0.3 is 5.32 Å². The number of amides is 1. The average Bonchev–Trinajstić information content (AvgIpc) is 2.48. The highest BCUT2D eigenvalue weighted by Gasteiger charge is 2.12. The molecule has 0 saturated carbocycles. The molecule has 0 aliphatic rings. The molecule has 1 aromatic heterocycles. The summed E-state index contributed by atoms with van der Waals surface area (Å²) in [5.41, 5.74) is 2.14. The Morgan fingerprint density at radius 2 is 1.86 bits per heavy atom. The first-order valence-electron chi connectivity index (χ1n) is 6.57. The van der Waals surface area contributed by atoms with Crippen molar-refractivity contribution in [2.45, 2.75) is 6.92 Å². The second kappa shape index (κ2) is 5.32. The molecule has 0 unspecified atom stereocenters. The van der Waals surface area contributed by atoms with Gasteiger partial charge in [0.1, 0.15) is 5.82 Å². The van der Waals surface area contributed by atoms with E-state index in [1.54, 1.807) is 18.2 Å². The molecular weight excluding hydrogens is 267 g/mol. The van der Waals surface area contributed by atoms with Crippen molar-refractivity contribution in [1.29, 1.82) is 0 Å². The largest absolute Gasteiger partial charge is 0.320 e. The quantitative estimate of drug-likeness (QED) is 0.772. The van der Waals surface area contributed by atoms with E-state index < -0.39 is 11.7 Å². The zero-order chi connectivity index (χ0) is 14.8. The maximum atomic E-state index is 13.6. The van der Waals surface area contributed by atoms with Crippen LogP contribution in [0, 0.1) is 12.7 Å². The molecule has 0 radical (unpaired) electrons. The zero-order valence-electron chi connectivity index (χ0n) is 11.4. The summed E-state index contributed by atoms with van der Waals surface area (Å²) in [6, 6.07) is 15.2. The number of halogens is 1. The number of carbonyl (C=O) groups excluding carboxylic acids is 1. The molecule has 0 saturated heterocycles. The van der Waals surface area contributed by atoms with Crippen LogP contribution >= 0.6 is 0 Å². The molecule has 0 fully saturated rings.